The lowest BCUT2D eigenvalue weighted by molar-refractivity contribution is 0.0582. The normalized spacial score (nSPS) is 10.2. The molecule has 0 radical (unpaired) electrons. The number of carbonyl (C=O) groups excluding carboxylic acids is 1. The molecule has 0 bridgehead atoms. The molecule has 94 valence electrons. The van der Waals surface area contributed by atoms with E-state index in [-0.39, 0.29) is 11.6 Å². The second kappa shape index (κ2) is 5.42. The molecule has 1 aromatic rings. The summed E-state index contributed by atoms with van der Waals surface area (Å²) in [6.45, 7) is 0. The number of hydrogen-bond donors (Lipinski definition) is 0. The fraction of sp³-hybridized carbons (Fsp3) is 0.400. The highest BCUT2D eigenvalue weighted by Crippen LogP contribution is 2.32. The summed E-state index contributed by atoms with van der Waals surface area (Å²) in [7, 11) is 3.60. The van der Waals surface area contributed by atoms with Crippen LogP contribution in [0.3, 0.4) is 0 Å². The largest absolute Gasteiger partial charge is 0.496 e. The van der Waals surface area contributed by atoms with Gasteiger partial charge in [-0.25, -0.2) is 18.6 Å². The average Bonchev–Trinajstić information content (AvgIpc) is 2.35. The fourth-order valence-electron chi connectivity index (χ4n) is 1.25. The Kier molecular flexibility index (Phi) is 4.19. The van der Waals surface area contributed by atoms with Crippen molar-refractivity contribution in [3.05, 3.63) is 17.3 Å². The maximum absolute atomic E-state index is 12.8. The third-order valence-corrected chi connectivity index (χ3v) is 2.01. The van der Waals surface area contributed by atoms with Gasteiger partial charge in [-0.15, -0.1) is 0 Å². The second-order valence-electron chi connectivity index (χ2n) is 2.92. The maximum atomic E-state index is 12.8. The number of hydrogen-bond acceptors (Lipinski definition) is 5. The molecule has 0 aliphatic rings. The van der Waals surface area contributed by atoms with Crippen LogP contribution in [0, 0.1) is 0 Å². The van der Waals surface area contributed by atoms with Crippen LogP contribution < -0.4 is 9.47 Å². The van der Waals surface area contributed by atoms with Crippen LogP contribution in [0.15, 0.2) is 6.07 Å². The predicted octanol–water partition coefficient (Wildman–Crippen LogP) is 1.82. The second-order valence-corrected chi connectivity index (χ2v) is 2.92. The van der Waals surface area contributed by atoms with Gasteiger partial charge in [-0.3, -0.25) is 0 Å². The molecular weight excluding hydrogens is 236 g/mol. The number of methoxy groups -OCH3 is 3. The first-order valence-corrected chi connectivity index (χ1v) is 4.54. The first-order chi connectivity index (χ1) is 8.04. The SMILES string of the molecule is COC(=O)c1c(OC)cc(OC)nc1C(F)F. The number of rotatable bonds is 4. The zero-order valence-electron chi connectivity index (χ0n) is 9.49. The quantitative estimate of drug-likeness (QED) is 0.759. The van der Waals surface area contributed by atoms with E-state index in [2.05, 4.69) is 9.72 Å². The van der Waals surface area contributed by atoms with Gasteiger partial charge in [-0.2, -0.15) is 0 Å². The molecule has 0 saturated carbocycles. The number of halogens is 2. The zero-order chi connectivity index (χ0) is 13.0. The highest BCUT2D eigenvalue weighted by molar-refractivity contribution is 5.94. The van der Waals surface area contributed by atoms with Crippen LogP contribution in [0.1, 0.15) is 22.5 Å². The molecule has 17 heavy (non-hydrogen) atoms. The van der Waals surface area contributed by atoms with Gasteiger partial charge in [0.25, 0.3) is 6.43 Å². The summed E-state index contributed by atoms with van der Waals surface area (Å²) in [6.07, 6.45) is -2.94. The minimum Gasteiger partial charge on any atom is -0.496 e. The minimum atomic E-state index is -2.94. The molecule has 5 nitrogen and oxygen atoms in total. The van der Waals surface area contributed by atoms with Crippen molar-refractivity contribution in [2.24, 2.45) is 0 Å². The van der Waals surface area contributed by atoms with Crippen molar-refractivity contribution in [3.63, 3.8) is 0 Å². The van der Waals surface area contributed by atoms with E-state index < -0.39 is 23.7 Å². The Morgan fingerprint density at radius 2 is 1.94 bits per heavy atom. The molecule has 0 unspecified atom stereocenters. The zero-order valence-corrected chi connectivity index (χ0v) is 9.49. The standard InChI is InChI=1S/C10H11F2NO4/c1-15-5-4-6(16-2)13-8(9(11)12)7(5)10(14)17-3/h4,9H,1-3H3. The Morgan fingerprint density at radius 1 is 1.29 bits per heavy atom. The molecule has 0 aliphatic carbocycles. The lowest BCUT2D eigenvalue weighted by Gasteiger charge is -2.12. The van der Waals surface area contributed by atoms with Crippen LogP contribution in [0.25, 0.3) is 0 Å². The van der Waals surface area contributed by atoms with E-state index in [1.54, 1.807) is 0 Å². The summed E-state index contributed by atoms with van der Waals surface area (Å²) < 4.78 is 39.5. The van der Waals surface area contributed by atoms with E-state index >= 15 is 0 Å². The number of ether oxygens (including phenoxy) is 3. The lowest BCUT2D eigenvalue weighted by atomic mass is 10.1. The molecule has 1 aromatic heterocycles. The van der Waals surface area contributed by atoms with Crippen molar-refractivity contribution in [2.75, 3.05) is 21.3 Å². The monoisotopic (exact) mass is 247 g/mol. The number of carbonyl (C=O) groups is 1. The number of nitrogens with zero attached hydrogens (tertiary/aromatic N) is 1. The summed E-state index contributed by atoms with van der Waals surface area (Å²) in [5, 5.41) is 0. The van der Waals surface area contributed by atoms with Gasteiger partial charge in [0.2, 0.25) is 5.88 Å². The third kappa shape index (κ3) is 2.61. The van der Waals surface area contributed by atoms with Crippen LogP contribution in [0.2, 0.25) is 0 Å². The van der Waals surface area contributed by atoms with Gasteiger partial charge in [0.1, 0.15) is 17.0 Å². The number of aromatic nitrogens is 1. The van der Waals surface area contributed by atoms with Crippen LogP contribution in [-0.2, 0) is 4.74 Å². The lowest BCUT2D eigenvalue weighted by Crippen LogP contribution is -2.11. The van der Waals surface area contributed by atoms with Crippen molar-refractivity contribution >= 4 is 5.97 Å². The Labute approximate surface area is 96.3 Å². The van der Waals surface area contributed by atoms with Crippen LogP contribution in [0.5, 0.6) is 11.6 Å². The first kappa shape index (κ1) is 13.1. The smallest absolute Gasteiger partial charge is 0.343 e. The van der Waals surface area contributed by atoms with Crippen molar-refractivity contribution in [1.82, 2.24) is 4.98 Å². The third-order valence-electron chi connectivity index (χ3n) is 2.01. The van der Waals surface area contributed by atoms with Gasteiger partial charge in [0.15, 0.2) is 0 Å². The van der Waals surface area contributed by atoms with E-state index in [1.807, 2.05) is 0 Å². The Hall–Kier alpha value is -1.92. The van der Waals surface area contributed by atoms with Crippen molar-refractivity contribution in [3.8, 4) is 11.6 Å². The molecule has 0 aromatic carbocycles. The van der Waals surface area contributed by atoms with Crippen molar-refractivity contribution < 1.29 is 27.8 Å². The van der Waals surface area contributed by atoms with E-state index in [0.717, 1.165) is 7.11 Å². The van der Waals surface area contributed by atoms with Gasteiger partial charge < -0.3 is 14.2 Å². The highest BCUT2D eigenvalue weighted by Gasteiger charge is 2.26. The van der Waals surface area contributed by atoms with Gasteiger partial charge in [0, 0.05) is 6.07 Å². The first-order valence-electron chi connectivity index (χ1n) is 4.54. The van der Waals surface area contributed by atoms with Gasteiger partial charge in [-0.05, 0) is 0 Å². The number of esters is 1. The summed E-state index contributed by atoms with van der Waals surface area (Å²) in [5.41, 5.74) is -1.13. The Bertz CT molecular complexity index is 423. The molecule has 1 heterocycles. The average molecular weight is 247 g/mol. The molecule has 7 heteroatoms. The predicted molar refractivity (Wildman–Crippen MR) is 53.6 cm³/mol. The van der Waals surface area contributed by atoms with E-state index in [1.165, 1.54) is 20.3 Å². The van der Waals surface area contributed by atoms with Gasteiger partial charge >= 0.3 is 5.97 Å². The van der Waals surface area contributed by atoms with Crippen LogP contribution in [0.4, 0.5) is 8.78 Å². The van der Waals surface area contributed by atoms with Crippen molar-refractivity contribution in [2.45, 2.75) is 6.43 Å². The maximum Gasteiger partial charge on any atom is 0.343 e. The number of pyridine rings is 1. The van der Waals surface area contributed by atoms with Crippen LogP contribution >= 0.6 is 0 Å². The highest BCUT2D eigenvalue weighted by atomic mass is 19.3. The summed E-state index contributed by atoms with van der Waals surface area (Å²) in [5.74, 6) is -1.07. The summed E-state index contributed by atoms with van der Waals surface area (Å²) in [6, 6.07) is 1.23. The topological polar surface area (TPSA) is 57.7 Å². The molecule has 0 saturated heterocycles. The molecule has 0 N–H and O–H groups in total. The van der Waals surface area contributed by atoms with E-state index in [9.17, 15) is 13.6 Å². The molecule has 0 atom stereocenters. The summed E-state index contributed by atoms with van der Waals surface area (Å²) in [4.78, 5) is 14.9. The Balaban J connectivity index is 3.46. The molecule has 0 spiro atoms. The van der Waals surface area contributed by atoms with E-state index in [0.29, 0.717) is 0 Å². The molecule has 1 rings (SSSR count). The van der Waals surface area contributed by atoms with Crippen molar-refractivity contribution in [1.29, 1.82) is 0 Å². The molecular formula is C10H11F2NO4. The number of alkyl halides is 2. The molecule has 0 aliphatic heterocycles. The van der Waals surface area contributed by atoms with Gasteiger partial charge in [0.05, 0.1) is 21.3 Å². The summed E-state index contributed by atoms with van der Waals surface area (Å²) >= 11 is 0. The fourth-order valence-corrected chi connectivity index (χ4v) is 1.25. The Morgan fingerprint density at radius 3 is 2.35 bits per heavy atom. The molecule has 0 amide bonds. The van der Waals surface area contributed by atoms with E-state index in [4.69, 9.17) is 9.47 Å². The minimum absolute atomic E-state index is 0.0650. The van der Waals surface area contributed by atoms with Crippen LogP contribution in [-0.4, -0.2) is 32.3 Å². The molecule has 0 fully saturated rings. The van der Waals surface area contributed by atoms with Gasteiger partial charge in [-0.1, -0.05) is 0 Å².